The van der Waals surface area contributed by atoms with E-state index in [1.807, 2.05) is 17.6 Å². The molecule has 2 aliphatic rings. The molecule has 3 atom stereocenters. The van der Waals surface area contributed by atoms with Crippen molar-refractivity contribution in [3.05, 3.63) is 47.3 Å². The predicted octanol–water partition coefficient (Wildman–Crippen LogP) is 3.26. The molecule has 0 fully saturated rings. The normalized spacial score (nSPS) is 27.4. The number of pyridine rings is 1. The van der Waals surface area contributed by atoms with Crippen molar-refractivity contribution in [2.45, 2.75) is 32.4 Å². The minimum atomic E-state index is -1.12. The van der Waals surface area contributed by atoms with Crippen molar-refractivity contribution in [1.82, 2.24) is 14.5 Å². The lowest BCUT2D eigenvalue weighted by Crippen LogP contribution is -2.44. The van der Waals surface area contributed by atoms with Gasteiger partial charge in [0.15, 0.2) is 5.83 Å². The molecule has 7 heteroatoms. The molecule has 24 heavy (non-hydrogen) atoms. The average Bonchev–Trinajstić information content (AvgIpc) is 2.87. The number of imidazole rings is 1. The quantitative estimate of drug-likeness (QED) is 0.871. The van der Waals surface area contributed by atoms with E-state index < -0.39 is 23.4 Å². The van der Waals surface area contributed by atoms with Gasteiger partial charge in [-0.2, -0.15) is 0 Å². The van der Waals surface area contributed by atoms with Crippen LogP contribution in [0.25, 0.3) is 11.0 Å². The Hall–Kier alpha value is -2.15. The van der Waals surface area contributed by atoms with E-state index in [1.165, 1.54) is 0 Å². The van der Waals surface area contributed by atoms with E-state index in [0.717, 1.165) is 22.6 Å². The Kier molecular flexibility index (Phi) is 3.49. The number of nitrogens with two attached hydrogens (primary N) is 1. The highest BCUT2D eigenvalue weighted by molar-refractivity contribution is 5.75. The van der Waals surface area contributed by atoms with E-state index in [2.05, 4.69) is 9.97 Å². The fourth-order valence-electron chi connectivity index (χ4n) is 3.74. The Bertz CT molecular complexity index is 883. The molecular weight excluding hydrogens is 317 g/mol. The van der Waals surface area contributed by atoms with E-state index in [4.69, 9.17) is 5.73 Å². The van der Waals surface area contributed by atoms with Gasteiger partial charge >= 0.3 is 0 Å². The second-order valence-corrected chi connectivity index (χ2v) is 6.58. The fraction of sp³-hybridized carbons (Fsp3) is 0.412. The van der Waals surface area contributed by atoms with Crippen molar-refractivity contribution in [2.75, 3.05) is 0 Å². The number of halogens is 3. The largest absolute Gasteiger partial charge is 0.326 e. The molecule has 2 aromatic heterocycles. The first-order valence-electron chi connectivity index (χ1n) is 7.92. The van der Waals surface area contributed by atoms with E-state index in [1.54, 1.807) is 6.20 Å². The van der Waals surface area contributed by atoms with Crippen molar-refractivity contribution >= 4 is 11.0 Å². The Morgan fingerprint density at radius 3 is 2.83 bits per heavy atom. The number of allylic oxidation sites excluding steroid dienone is 4. The van der Waals surface area contributed by atoms with Crippen LogP contribution in [0.2, 0.25) is 0 Å². The number of nitrogens with zero attached hydrogens (tertiary/aromatic N) is 3. The molecule has 0 radical (unpaired) electrons. The van der Waals surface area contributed by atoms with Gasteiger partial charge in [-0.1, -0.05) is 0 Å². The topological polar surface area (TPSA) is 56.7 Å². The first kappa shape index (κ1) is 15.4. The molecule has 0 saturated carbocycles. The second kappa shape index (κ2) is 5.44. The van der Waals surface area contributed by atoms with Gasteiger partial charge in [0, 0.05) is 43.1 Å². The Morgan fingerprint density at radius 1 is 1.25 bits per heavy atom. The maximum absolute atomic E-state index is 14.2. The molecule has 126 valence electrons. The summed E-state index contributed by atoms with van der Waals surface area (Å²) in [5.74, 6) is -2.95. The number of hydrogen-bond acceptors (Lipinski definition) is 3. The molecule has 2 unspecified atom stereocenters. The highest BCUT2D eigenvalue weighted by atomic mass is 19.2. The minimum absolute atomic E-state index is 0.284. The molecule has 0 saturated heterocycles. The maximum atomic E-state index is 14.2. The molecule has 1 aliphatic heterocycles. The van der Waals surface area contributed by atoms with Crippen LogP contribution in [0.5, 0.6) is 0 Å². The second-order valence-electron chi connectivity index (χ2n) is 6.58. The molecule has 3 heterocycles. The Labute approximate surface area is 136 Å². The zero-order valence-electron chi connectivity index (χ0n) is 13.1. The van der Waals surface area contributed by atoms with Gasteiger partial charge < -0.3 is 10.3 Å². The van der Waals surface area contributed by atoms with Gasteiger partial charge in [-0.05, 0) is 18.9 Å². The molecule has 2 aromatic rings. The van der Waals surface area contributed by atoms with Gasteiger partial charge in [0.1, 0.15) is 23.0 Å². The molecule has 1 aliphatic carbocycles. The van der Waals surface area contributed by atoms with Gasteiger partial charge in [0.2, 0.25) is 0 Å². The SMILES string of the molecule is Cc1cc2c(cn1)nc1n2CC(N)[C@@H](C2CC(F)=C(F)C=C2F)C1. The zero-order valence-corrected chi connectivity index (χ0v) is 13.1. The van der Waals surface area contributed by atoms with Crippen molar-refractivity contribution in [3.8, 4) is 0 Å². The summed E-state index contributed by atoms with van der Waals surface area (Å²) in [6, 6.07) is 1.58. The third kappa shape index (κ3) is 2.34. The van der Waals surface area contributed by atoms with Gasteiger partial charge in [0.05, 0.1) is 11.7 Å². The third-order valence-corrected chi connectivity index (χ3v) is 5.01. The van der Waals surface area contributed by atoms with Crippen molar-refractivity contribution < 1.29 is 13.2 Å². The number of fused-ring (bicyclic) bond motifs is 3. The summed E-state index contributed by atoms with van der Waals surface area (Å²) >= 11 is 0. The number of aryl methyl sites for hydroxylation is 1. The van der Waals surface area contributed by atoms with Gasteiger partial charge in [-0.15, -0.1) is 0 Å². The molecule has 0 aromatic carbocycles. The Morgan fingerprint density at radius 2 is 2.04 bits per heavy atom. The molecule has 0 bridgehead atoms. The van der Waals surface area contributed by atoms with E-state index >= 15 is 0 Å². The first-order valence-corrected chi connectivity index (χ1v) is 7.92. The van der Waals surface area contributed by atoms with Gasteiger partial charge in [-0.25, -0.2) is 18.2 Å². The molecule has 0 amide bonds. The predicted molar refractivity (Wildman–Crippen MR) is 84.0 cm³/mol. The molecule has 4 rings (SSSR count). The highest BCUT2D eigenvalue weighted by Gasteiger charge is 2.38. The van der Waals surface area contributed by atoms with Crippen LogP contribution in [0.1, 0.15) is 17.9 Å². The smallest absolute Gasteiger partial charge is 0.157 e. The summed E-state index contributed by atoms with van der Waals surface area (Å²) in [7, 11) is 0. The zero-order chi connectivity index (χ0) is 17.0. The number of aromatic nitrogens is 3. The van der Waals surface area contributed by atoms with Crippen molar-refractivity contribution in [2.24, 2.45) is 17.6 Å². The van der Waals surface area contributed by atoms with Crippen molar-refractivity contribution in [1.29, 1.82) is 0 Å². The van der Waals surface area contributed by atoms with Crippen molar-refractivity contribution in [3.63, 3.8) is 0 Å². The van der Waals surface area contributed by atoms with Crippen LogP contribution in [0.4, 0.5) is 13.2 Å². The van der Waals surface area contributed by atoms with Crippen LogP contribution in [-0.4, -0.2) is 20.6 Å². The van der Waals surface area contributed by atoms with E-state index in [9.17, 15) is 13.2 Å². The highest BCUT2D eigenvalue weighted by Crippen LogP contribution is 2.40. The summed E-state index contributed by atoms with van der Waals surface area (Å²) in [6.07, 6.45) is 2.49. The summed E-state index contributed by atoms with van der Waals surface area (Å²) in [5, 5.41) is 0. The summed E-state index contributed by atoms with van der Waals surface area (Å²) < 4.78 is 43.0. The van der Waals surface area contributed by atoms with Crippen LogP contribution in [0.15, 0.2) is 35.8 Å². The molecule has 4 nitrogen and oxygen atoms in total. The maximum Gasteiger partial charge on any atom is 0.157 e. The number of hydrogen-bond donors (Lipinski definition) is 1. The van der Waals surface area contributed by atoms with Crippen LogP contribution >= 0.6 is 0 Å². The van der Waals surface area contributed by atoms with Crippen LogP contribution < -0.4 is 5.73 Å². The molecule has 0 spiro atoms. The molecule has 2 N–H and O–H groups in total. The monoisotopic (exact) mass is 334 g/mol. The van der Waals surface area contributed by atoms with Crippen LogP contribution in [0, 0.1) is 18.8 Å². The van der Waals surface area contributed by atoms with Gasteiger partial charge in [-0.3, -0.25) is 4.98 Å². The lowest BCUT2D eigenvalue weighted by atomic mass is 9.77. The third-order valence-electron chi connectivity index (χ3n) is 5.01. The van der Waals surface area contributed by atoms with Crippen LogP contribution in [-0.2, 0) is 13.0 Å². The van der Waals surface area contributed by atoms with E-state index in [0.29, 0.717) is 19.0 Å². The molecular formula is C17H17F3N4. The first-order chi connectivity index (χ1) is 11.4. The standard InChI is InChI=1S/C17H17F3N4/c1-8-2-16-15(6-22-8)23-17-4-10(14(21)7-24(16)17)9-3-12(19)13(20)5-11(9)18/h2,5-6,9-10,14H,3-4,7,21H2,1H3/t9?,10-,14?/m1/s1. The van der Waals surface area contributed by atoms with E-state index in [-0.39, 0.29) is 18.4 Å². The number of rotatable bonds is 1. The summed E-state index contributed by atoms with van der Waals surface area (Å²) in [4.78, 5) is 8.79. The van der Waals surface area contributed by atoms with Crippen LogP contribution in [0.3, 0.4) is 0 Å². The lowest BCUT2D eigenvalue weighted by Gasteiger charge is -2.35. The minimum Gasteiger partial charge on any atom is -0.326 e. The summed E-state index contributed by atoms with van der Waals surface area (Å²) in [6.45, 7) is 2.37. The average molecular weight is 334 g/mol. The lowest BCUT2D eigenvalue weighted by molar-refractivity contribution is 0.217. The Balaban J connectivity index is 1.70. The van der Waals surface area contributed by atoms with Gasteiger partial charge in [0.25, 0.3) is 0 Å². The fourth-order valence-corrected chi connectivity index (χ4v) is 3.74. The summed E-state index contributed by atoms with van der Waals surface area (Å²) in [5.41, 5.74) is 8.86.